The lowest BCUT2D eigenvalue weighted by Gasteiger charge is -2.22. The van der Waals surface area contributed by atoms with Gasteiger partial charge in [-0.2, -0.15) is 0 Å². The number of nitrogens with one attached hydrogen (secondary N) is 2. The summed E-state index contributed by atoms with van der Waals surface area (Å²) in [6, 6.07) is 9.80. The zero-order valence-corrected chi connectivity index (χ0v) is 13.5. The summed E-state index contributed by atoms with van der Waals surface area (Å²) in [5.41, 5.74) is 1.07. The lowest BCUT2D eigenvalue weighted by atomic mass is 9.95. The van der Waals surface area contributed by atoms with E-state index in [2.05, 4.69) is 10.0 Å². The van der Waals surface area contributed by atoms with Crippen molar-refractivity contribution in [1.29, 1.82) is 0 Å². The Morgan fingerprint density at radius 1 is 1.24 bits per heavy atom. The van der Waals surface area contributed by atoms with Crippen molar-refractivity contribution in [1.82, 2.24) is 10.0 Å². The van der Waals surface area contributed by atoms with E-state index < -0.39 is 10.0 Å². The molecule has 1 atom stereocenters. The third-order valence-corrected chi connectivity index (χ3v) is 5.75. The van der Waals surface area contributed by atoms with E-state index in [1.54, 1.807) is 0 Å². The molecule has 21 heavy (non-hydrogen) atoms. The van der Waals surface area contributed by atoms with Gasteiger partial charge in [0.1, 0.15) is 0 Å². The third-order valence-electron chi connectivity index (χ3n) is 4.17. The van der Waals surface area contributed by atoms with Crippen LogP contribution >= 0.6 is 0 Å². The van der Waals surface area contributed by atoms with Gasteiger partial charge >= 0.3 is 0 Å². The van der Waals surface area contributed by atoms with E-state index in [4.69, 9.17) is 0 Å². The molecule has 0 aliphatic carbocycles. The molecule has 0 spiro atoms. The van der Waals surface area contributed by atoms with Gasteiger partial charge in [-0.05, 0) is 49.8 Å². The fraction of sp³-hybridized carbons (Fsp3) is 0.625. The number of rotatable bonds is 7. The van der Waals surface area contributed by atoms with Gasteiger partial charge in [0.25, 0.3) is 0 Å². The summed E-state index contributed by atoms with van der Waals surface area (Å²) in [6.07, 6.45) is 3.25. The van der Waals surface area contributed by atoms with Gasteiger partial charge in [0.05, 0.1) is 5.75 Å². The minimum Gasteiger partial charge on any atom is -0.317 e. The van der Waals surface area contributed by atoms with E-state index in [0.29, 0.717) is 12.5 Å². The standard InChI is InChI=1S/C16H26N2O2S/c1-14(16-5-3-2-4-6-16)13-21(19,20)18-12-9-15-7-10-17-11-8-15/h2-6,14-15,17-18H,7-13H2,1H3. The van der Waals surface area contributed by atoms with Gasteiger partial charge in [0, 0.05) is 6.54 Å². The molecule has 118 valence electrons. The fourth-order valence-corrected chi connectivity index (χ4v) is 4.25. The van der Waals surface area contributed by atoms with Crippen LogP contribution in [0, 0.1) is 5.92 Å². The molecule has 2 N–H and O–H groups in total. The first-order chi connectivity index (χ1) is 10.1. The molecule has 1 aliphatic heterocycles. The first-order valence-corrected chi connectivity index (χ1v) is 9.45. The van der Waals surface area contributed by atoms with E-state index in [0.717, 1.165) is 37.9 Å². The van der Waals surface area contributed by atoms with Gasteiger partial charge in [-0.3, -0.25) is 0 Å². The highest BCUT2D eigenvalue weighted by molar-refractivity contribution is 7.89. The molecule has 0 aromatic heterocycles. The molecule has 1 aromatic carbocycles. The average Bonchev–Trinajstić information content (AvgIpc) is 2.48. The van der Waals surface area contributed by atoms with Crippen molar-refractivity contribution in [2.45, 2.75) is 32.1 Å². The minimum absolute atomic E-state index is 0.0163. The third kappa shape index (κ3) is 5.77. The lowest BCUT2D eigenvalue weighted by Crippen LogP contribution is -2.33. The van der Waals surface area contributed by atoms with Crippen LogP contribution in [0.3, 0.4) is 0 Å². The Bertz CT molecular complexity index is 510. The monoisotopic (exact) mass is 310 g/mol. The molecule has 0 bridgehead atoms. The van der Waals surface area contributed by atoms with Gasteiger partial charge < -0.3 is 5.32 Å². The van der Waals surface area contributed by atoms with E-state index in [9.17, 15) is 8.42 Å². The fourth-order valence-electron chi connectivity index (χ4n) is 2.85. The van der Waals surface area contributed by atoms with Gasteiger partial charge in [0.2, 0.25) is 10.0 Å². The quantitative estimate of drug-likeness (QED) is 0.811. The van der Waals surface area contributed by atoms with Crippen molar-refractivity contribution >= 4 is 10.0 Å². The number of benzene rings is 1. The van der Waals surface area contributed by atoms with E-state index in [-0.39, 0.29) is 11.7 Å². The second-order valence-corrected chi connectivity index (χ2v) is 7.82. The zero-order chi connectivity index (χ0) is 15.1. The minimum atomic E-state index is -3.20. The summed E-state index contributed by atoms with van der Waals surface area (Å²) in [5, 5.41) is 3.33. The maximum Gasteiger partial charge on any atom is 0.212 e. The Hall–Kier alpha value is -0.910. The molecule has 4 nitrogen and oxygen atoms in total. The van der Waals surface area contributed by atoms with Crippen LogP contribution in [0.2, 0.25) is 0 Å². The number of hydrogen-bond donors (Lipinski definition) is 2. The van der Waals surface area contributed by atoms with Crippen molar-refractivity contribution in [3.05, 3.63) is 35.9 Å². The molecule has 0 saturated carbocycles. The highest BCUT2D eigenvalue weighted by Crippen LogP contribution is 2.17. The molecule has 1 saturated heterocycles. The van der Waals surface area contributed by atoms with Crippen LogP contribution in [0.25, 0.3) is 0 Å². The van der Waals surface area contributed by atoms with Crippen molar-refractivity contribution in [3.8, 4) is 0 Å². The molecule has 5 heteroatoms. The van der Waals surface area contributed by atoms with E-state index in [1.807, 2.05) is 37.3 Å². The van der Waals surface area contributed by atoms with Crippen molar-refractivity contribution < 1.29 is 8.42 Å². The van der Waals surface area contributed by atoms with Crippen molar-refractivity contribution in [3.63, 3.8) is 0 Å². The summed E-state index contributed by atoms with van der Waals surface area (Å²) in [5.74, 6) is 0.826. The maximum absolute atomic E-state index is 12.1. The lowest BCUT2D eigenvalue weighted by molar-refractivity contribution is 0.354. The molecule has 0 amide bonds. The van der Waals surface area contributed by atoms with Crippen molar-refractivity contribution in [2.75, 3.05) is 25.4 Å². The first kappa shape index (κ1) is 16.5. The molecule has 1 fully saturated rings. The van der Waals surface area contributed by atoms with E-state index in [1.165, 1.54) is 0 Å². The topological polar surface area (TPSA) is 58.2 Å². The summed E-state index contributed by atoms with van der Waals surface area (Å²) in [4.78, 5) is 0. The van der Waals surface area contributed by atoms with Crippen LogP contribution in [0.1, 0.15) is 37.7 Å². The van der Waals surface area contributed by atoms with Gasteiger partial charge in [0.15, 0.2) is 0 Å². The van der Waals surface area contributed by atoms with Crippen LogP contribution in [0.15, 0.2) is 30.3 Å². The molecule has 1 aliphatic rings. The van der Waals surface area contributed by atoms with Crippen LogP contribution in [-0.2, 0) is 10.0 Å². The highest BCUT2D eigenvalue weighted by Gasteiger charge is 2.18. The van der Waals surface area contributed by atoms with Crippen LogP contribution in [-0.4, -0.2) is 33.8 Å². The number of hydrogen-bond acceptors (Lipinski definition) is 3. The molecule has 1 aromatic rings. The van der Waals surface area contributed by atoms with Crippen LogP contribution in [0.5, 0.6) is 0 Å². The van der Waals surface area contributed by atoms with Gasteiger partial charge in [-0.25, -0.2) is 13.1 Å². The second kappa shape index (κ2) is 7.92. The summed E-state index contributed by atoms with van der Waals surface area (Å²) >= 11 is 0. The average molecular weight is 310 g/mol. The summed E-state index contributed by atoms with van der Waals surface area (Å²) < 4.78 is 27.0. The molecule has 0 radical (unpaired) electrons. The summed E-state index contributed by atoms with van der Waals surface area (Å²) in [7, 11) is -3.20. The molecular formula is C16H26N2O2S. The number of piperidine rings is 1. The maximum atomic E-state index is 12.1. The normalized spacial score (nSPS) is 18.5. The predicted molar refractivity (Wildman–Crippen MR) is 86.9 cm³/mol. The first-order valence-electron chi connectivity index (χ1n) is 7.80. The molecular weight excluding hydrogens is 284 g/mol. The Kier molecular flexibility index (Phi) is 6.21. The SMILES string of the molecule is CC(CS(=O)(=O)NCCC1CCNCC1)c1ccccc1. The smallest absolute Gasteiger partial charge is 0.212 e. The van der Waals surface area contributed by atoms with Crippen molar-refractivity contribution in [2.24, 2.45) is 5.92 Å². The zero-order valence-electron chi connectivity index (χ0n) is 12.7. The van der Waals surface area contributed by atoms with Crippen LogP contribution in [0.4, 0.5) is 0 Å². The second-order valence-electron chi connectivity index (χ2n) is 5.97. The van der Waals surface area contributed by atoms with Crippen LogP contribution < -0.4 is 10.0 Å². The Labute approximate surface area is 128 Å². The molecule has 1 heterocycles. The number of sulfonamides is 1. The molecule has 2 rings (SSSR count). The highest BCUT2D eigenvalue weighted by atomic mass is 32.2. The van der Waals surface area contributed by atoms with Gasteiger partial charge in [-0.15, -0.1) is 0 Å². The molecule has 1 unspecified atom stereocenters. The predicted octanol–water partition coefficient (Wildman–Crippen LogP) is 2.10. The Balaban J connectivity index is 1.76. The van der Waals surface area contributed by atoms with E-state index >= 15 is 0 Å². The Morgan fingerprint density at radius 2 is 1.90 bits per heavy atom. The summed E-state index contributed by atoms with van der Waals surface area (Å²) in [6.45, 7) is 4.64. The largest absolute Gasteiger partial charge is 0.317 e. The van der Waals surface area contributed by atoms with Gasteiger partial charge in [-0.1, -0.05) is 37.3 Å². The Morgan fingerprint density at radius 3 is 2.57 bits per heavy atom.